The summed E-state index contributed by atoms with van der Waals surface area (Å²) in [5, 5.41) is 3.36. The van der Waals surface area contributed by atoms with Crippen LogP contribution in [0.25, 0.3) is 0 Å². The average Bonchev–Trinajstić information content (AvgIpc) is 2.65. The molecule has 92 valence electrons. The molecule has 1 heterocycles. The summed E-state index contributed by atoms with van der Waals surface area (Å²) in [5.41, 5.74) is 2.26. The Balaban J connectivity index is 2.02. The number of benzene rings is 1. The molecule has 1 aliphatic rings. The normalized spacial score (nSPS) is 19.8. The van der Waals surface area contributed by atoms with Crippen molar-refractivity contribution in [2.24, 2.45) is 0 Å². The van der Waals surface area contributed by atoms with Crippen molar-refractivity contribution in [3.63, 3.8) is 0 Å². The third-order valence-corrected chi connectivity index (χ3v) is 3.27. The van der Waals surface area contributed by atoms with E-state index in [1.807, 2.05) is 23.1 Å². The molecule has 1 atom stereocenters. The first kappa shape index (κ1) is 12.0. The fraction of sp³-hybridized carbons (Fsp3) is 0.500. The predicted molar refractivity (Wildman–Crippen MR) is 70.1 cm³/mol. The van der Waals surface area contributed by atoms with Gasteiger partial charge >= 0.3 is 0 Å². The number of carbonyl (C=O) groups is 1. The van der Waals surface area contributed by atoms with Gasteiger partial charge in [0.2, 0.25) is 5.91 Å². The van der Waals surface area contributed by atoms with Crippen LogP contribution >= 0.6 is 0 Å². The van der Waals surface area contributed by atoms with Crippen molar-refractivity contribution in [2.45, 2.75) is 32.7 Å². The Morgan fingerprint density at radius 2 is 2.18 bits per heavy atom. The van der Waals surface area contributed by atoms with Crippen molar-refractivity contribution in [2.75, 3.05) is 18.4 Å². The largest absolute Gasteiger partial charge is 0.373 e. The van der Waals surface area contributed by atoms with Gasteiger partial charge in [0.05, 0.1) is 0 Å². The van der Waals surface area contributed by atoms with Crippen molar-refractivity contribution < 1.29 is 4.79 Å². The van der Waals surface area contributed by atoms with Gasteiger partial charge in [0.25, 0.3) is 0 Å². The van der Waals surface area contributed by atoms with Gasteiger partial charge in [0, 0.05) is 18.8 Å². The molecular formula is C14H20N2O. The van der Waals surface area contributed by atoms with Crippen LogP contribution in [0.2, 0.25) is 0 Å². The number of likely N-dealkylation sites (tertiary alicyclic amines) is 1. The van der Waals surface area contributed by atoms with E-state index in [1.165, 1.54) is 5.56 Å². The van der Waals surface area contributed by atoms with Gasteiger partial charge in [-0.15, -0.1) is 0 Å². The molecule has 0 bridgehead atoms. The van der Waals surface area contributed by atoms with Crippen LogP contribution < -0.4 is 5.32 Å². The summed E-state index contributed by atoms with van der Waals surface area (Å²) in [6.07, 6.45) is 1.94. The number of hydrogen-bond donors (Lipinski definition) is 1. The highest BCUT2D eigenvalue weighted by molar-refractivity contribution is 5.86. The lowest BCUT2D eigenvalue weighted by Gasteiger charge is -2.17. The van der Waals surface area contributed by atoms with Gasteiger partial charge in [-0.2, -0.15) is 0 Å². The number of nitrogens with one attached hydrogen (secondary N) is 1. The minimum Gasteiger partial charge on any atom is -0.373 e. The molecule has 0 saturated carbocycles. The van der Waals surface area contributed by atoms with Gasteiger partial charge < -0.3 is 10.2 Å². The topological polar surface area (TPSA) is 32.3 Å². The second-order valence-electron chi connectivity index (χ2n) is 4.63. The van der Waals surface area contributed by atoms with E-state index in [9.17, 15) is 4.79 Å². The highest BCUT2D eigenvalue weighted by Gasteiger charge is 2.30. The number of para-hydroxylation sites is 1. The van der Waals surface area contributed by atoms with Crippen LogP contribution in [0.15, 0.2) is 24.3 Å². The Hall–Kier alpha value is -1.51. The lowest BCUT2D eigenvalue weighted by molar-refractivity contribution is -0.128. The third kappa shape index (κ3) is 2.60. The molecule has 1 N–H and O–H groups in total. The van der Waals surface area contributed by atoms with Crippen molar-refractivity contribution in [3.05, 3.63) is 29.8 Å². The number of amides is 1. The van der Waals surface area contributed by atoms with Gasteiger partial charge in [-0.05, 0) is 31.4 Å². The van der Waals surface area contributed by atoms with Gasteiger partial charge in [0.1, 0.15) is 6.04 Å². The lowest BCUT2D eigenvalue weighted by Crippen LogP contribution is -2.34. The zero-order valence-electron chi connectivity index (χ0n) is 10.6. The zero-order chi connectivity index (χ0) is 12.3. The van der Waals surface area contributed by atoms with E-state index in [4.69, 9.17) is 0 Å². The van der Waals surface area contributed by atoms with Crippen LogP contribution in [-0.4, -0.2) is 29.9 Å². The summed E-state index contributed by atoms with van der Waals surface area (Å²) >= 11 is 0. The number of nitrogens with zero attached hydrogens (tertiary/aromatic N) is 1. The molecule has 0 spiro atoms. The van der Waals surface area contributed by atoms with E-state index in [0.717, 1.165) is 31.6 Å². The molecular weight excluding hydrogens is 212 g/mol. The summed E-state index contributed by atoms with van der Waals surface area (Å²) in [4.78, 5) is 14.0. The highest BCUT2D eigenvalue weighted by Crippen LogP contribution is 2.20. The number of aryl methyl sites for hydroxylation is 1. The summed E-state index contributed by atoms with van der Waals surface area (Å²) in [6, 6.07) is 8.07. The first-order valence-electron chi connectivity index (χ1n) is 6.33. The summed E-state index contributed by atoms with van der Waals surface area (Å²) in [6.45, 7) is 5.93. The van der Waals surface area contributed by atoms with Crippen LogP contribution in [0, 0.1) is 6.92 Å². The zero-order valence-corrected chi connectivity index (χ0v) is 10.6. The minimum absolute atomic E-state index is 0.0392. The van der Waals surface area contributed by atoms with Crippen LogP contribution in [-0.2, 0) is 4.79 Å². The van der Waals surface area contributed by atoms with E-state index >= 15 is 0 Å². The fourth-order valence-electron chi connectivity index (χ4n) is 2.29. The Morgan fingerprint density at radius 3 is 2.88 bits per heavy atom. The van der Waals surface area contributed by atoms with Crippen LogP contribution in [0.5, 0.6) is 0 Å². The predicted octanol–water partition coefficient (Wildman–Crippen LogP) is 2.42. The Morgan fingerprint density at radius 1 is 1.41 bits per heavy atom. The summed E-state index contributed by atoms with van der Waals surface area (Å²) in [5.74, 6) is 0.245. The maximum absolute atomic E-state index is 12.1. The number of hydrogen-bond acceptors (Lipinski definition) is 2. The van der Waals surface area contributed by atoms with E-state index < -0.39 is 0 Å². The van der Waals surface area contributed by atoms with Crippen molar-refractivity contribution in [1.82, 2.24) is 4.90 Å². The van der Waals surface area contributed by atoms with E-state index in [1.54, 1.807) is 0 Å². The molecule has 0 aromatic heterocycles. The molecule has 3 heteroatoms. The van der Waals surface area contributed by atoms with Gasteiger partial charge in [0.15, 0.2) is 0 Å². The monoisotopic (exact) mass is 232 g/mol. The Bertz CT molecular complexity index is 403. The standard InChI is InChI=1S/C14H20N2O/c1-3-9-16-10-8-13(14(16)17)15-12-7-5-4-6-11(12)2/h4-7,13,15H,3,8-10H2,1-2H3. The average molecular weight is 232 g/mol. The Labute approximate surface area is 103 Å². The maximum Gasteiger partial charge on any atom is 0.245 e. The highest BCUT2D eigenvalue weighted by atomic mass is 16.2. The molecule has 3 nitrogen and oxygen atoms in total. The number of rotatable bonds is 4. The van der Waals surface area contributed by atoms with Gasteiger partial charge in [-0.1, -0.05) is 25.1 Å². The van der Waals surface area contributed by atoms with Crippen LogP contribution in [0.4, 0.5) is 5.69 Å². The van der Waals surface area contributed by atoms with Crippen LogP contribution in [0.1, 0.15) is 25.3 Å². The Kier molecular flexibility index (Phi) is 3.67. The molecule has 1 saturated heterocycles. The minimum atomic E-state index is -0.0392. The van der Waals surface area contributed by atoms with Crippen LogP contribution in [0.3, 0.4) is 0 Å². The quantitative estimate of drug-likeness (QED) is 0.864. The van der Waals surface area contributed by atoms with Crippen molar-refractivity contribution in [1.29, 1.82) is 0 Å². The van der Waals surface area contributed by atoms with Crippen molar-refractivity contribution >= 4 is 11.6 Å². The number of carbonyl (C=O) groups excluding carboxylic acids is 1. The first-order chi connectivity index (χ1) is 8.22. The second kappa shape index (κ2) is 5.21. The summed E-state index contributed by atoms with van der Waals surface area (Å²) < 4.78 is 0. The molecule has 0 aliphatic carbocycles. The number of anilines is 1. The smallest absolute Gasteiger partial charge is 0.245 e. The van der Waals surface area contributed by atoms with E-state index in [0.29, 0.717) is 0 Å². The molecule has 1 fully saturated rings. The molecule has 2 rings (SSSR count). The van der Waals surface area contributed by atoms with Crippen molar-refractivity contribution in [3.8, 4) is 0 Å². The van der Waals surface area contributed by atoms with Gasteiger partial charge in [-0.25, -0.2) is 0 Å². The molecule has 1 aromatic rings. The van der Waals surface area contributed by atoms with E-state index in [-0.39, 0.29) is 11.9 Å². The second-order valence-corrected chi connectivity index (χ2v) is 4.63. The molecule has 0 radical (unpaired) electrons. The molecule has 1 aromatic carbocycles. The molecule has 1 aliphatic heterocycles. The SMILES string of the molecule is CCCN1CCC(Nc2ccccc2C)C1=O. The van der Waals surface area contributed by atoms with Gasteiger partial charge in [-0.3, -0.25) is 4.79 Å². The molecule has 1 amide bonds. The maximum atomic E-state index is 12.1. The molecule has 1 unspecified atom stereocenters. The molecule has 17 heavy (non-hydrogen) atoms. The van der Waals surface area contributed by atoms with E-state index in [2.05, 4.69) is 25.2 Å². The third-order valence-electron chi connectivity index (χ3n) is 3.27. The lowest BCUT2D eigenvalue weighted by atomic mass is 10.1. The first-order valence-corrected chi connectivity index (χ1v) is 6.33. The summed E-state index contributed by atoms with van der Waals surface area (Å²) in [7, 11) is 0. The fourth-order valence-corrected chi connectivity index (χ4v) is 2.29.